The molecule has 7 heteroatoms. The number of nitrogens with one attached hydrogen (secondary N) is 1. The van der Waals surface area contributed by atoms with Crippen LogP contribution in [0.2, 0.25) is 0 Å². The summed E-state index contributed by atoms with van der Waals surface area (Å²) in [7, 11) is 1.60. The average Bonchev–Trinajstić information content (AvgIpc) is 3.09. The Kier molecular flexibility index (Phi) is 4.28. The first-order valence-corrected chi connectivity index (χ1v) is 8.09. The maximum atomic E-state index is 12.1. The average molecular weight is 343 g/mol. The van der Waals surface area contributed by atoms with Gasteiger partial charge in [0.1, 0.15) is 23.6 Å². The number of ether oxygens (including phenoxy) is 1. The normalized spacial score (nSPS) is 17.7. The molecule has 2 aromatic rings. The largest absolute Gasteiger partial charge is 0.497 e. The summed E-state index contributed by atoms with van der Waals surface area (Å²) in [6.07, 6.45) is -0.402. The Labute approximate surface area is 143 Å². The Morgan fingerprint density at radius 3 is 2.65 bits per heavy atom. The molecule has 2 heterocycles. The fourth-order valence-corrected chi connectivity index (χ4v) is 3.51. The number of hydrogen-bond donors (Lipinski definition) is 2. The second-order valence-corrected chi connectivity index (χ2v) is 6.17. The lowest BCUT2D eigenvalue weighted by molar-refractivity contribution is -0.118. The van der Waals surface area contributed by atoms with Gasteiger partial charge in [0.25, 0.3) is 5.91 Å². The molecule has 1 amide bonds. The highest BCUT2D eigenvalue weighted by molar-refractivity contribution is 7.84. The summed E-state index contributed by atoms with van der Waals surface area (Å²) in [5, 5.41) is 14.4. The Morgan fingerprint density at radius 2 is 2.09 bits per heavy atom. The van der Waals surface area contributed by atoms with Gasteiger partial charge in [0, 0.05) is 10.6 Å². The van der Waals surface area contributed by atoms with Gasteiger partial charge in [-0.25, -0.2) is 0 Å². The van der Waals surface area contributed by atoms with Gasteiger partial charge >= 0.3 is 0 Å². The number of nitriles is 1. The molecule has 0 saturated carbocycles. The molecule has 0 saturated heterocycles. The molecule has 3 rings (SSSR count). The lowest BCUT2D eigenvalue weighted by Crippen LogP contribution is -2.45. The smallest absolute Gasteiger partial charge is 0.266 e. The van der Waals surface area contributed by atoms with Crippen LogP contribution in [0.4, 0.5) is 5.69 Å². The lowest BCUT2D eigenvalue weighted by Gasteiger charge is -2.37. The minimum atomic E-state index is -0.416. The van der Waals surface area contributed by atoms with Gasteiger partial charge in [-0.1, -0.05) is 6.07 Å². The van der Waals surface area contributed by atoms with Gasteiger partial charge in [-0.3, -0.25) is 4.79 Å². The van der Waals surface area contributed by atoms with Crippen molar-refractivity contribution in [3.63, 3.8) is 0 Å². The number of thiol groups is 1. The summed E-state index contributed by atoms with van der Waals surface area (Å²) in [6.45, 7) is 0. The molecule has 0 unspecified atom stereocenters. The Bertz CT molecular complexity index is 792. The molecule has 23 heavy (non-hydrogen) atoms. The summed E-state index contributed by atoms with van der Waals surface area (Å²) < 4.78 is 5.17. The SMILES string of the molecule is COc1ccc(N2C(S)=C(C#N)C(=O)N[C@H]2c2cccs2)cc1. The van der Waals surface area contributed by atoms with E-state index in [0.29, 0.717) is 5.03 Å². The first-order valence-electron chi connectivity index (χ1n) is 6.76. The molecule has 1 N–H and O–H groups in total. The van der Waals surface area contributed by atoms with E-state index in [1.807, 2.05) is 52.7 Å². The molecule has 0 fully saturated rings. The number of carbonyl (C=O) groups is 1. The molecular weight excluding hydrogens is 330 g/mol. The van der Waals surface area contributed by atoms with E-state index >= 15 is 0 Å². The number of thiophene rings is 1. The third-order valence-electron chi connectivity index (χ3n) is 3.48. The number of nitrogens with zero attached hydrogens (tertiary/aromatic N) is 2. The quantitative estimate of drug-likeness (QED) is 0.841. The molecule has 5 nitrogen and oxygen atoms in total. The highest BCUT2D eigenvalue weighted by atomic mass is 32.1. The van der Waals surface area contributed by atoms with Crippen LogP contribution < -0.4 is 15.0 Å². The van der Waals surface area contributed by atoms with E-state index in [-0.39, 0.29) is 5.57 Å². The zero-order chi connectivity index (χ0) is 16.4. The zero-order valence-electron chi connectivity index (χ0n) is 12.2. The summed E-state index contributed by atoms with van der Waals surface area (Å²) in [5.41, 5.74) is 0.805. The summed E-state index contributed by atoms with van der Waals surface area (Å²) in [6, 6.07) is 13.1. The van der Waals surface area contributed by atoms with E-state index < -0.39 is 12.1 Å². The van der Waals surface area contributed by atoms with Gasteiger partial charge in [0.05, 0.1) is 12.1 Å². The molecule has 1 aromatic heterocycles. The van der Waals surface area contributed by atoms with E-state index in [1.165, 1.54) is 11.3 Å². The van der Waals surface area contributed by atoms with Crippen molar-refractivity contribution in [2.24, 2.45) is 0 Å². The predicted octanol–water partition coefficient (Wildman–Crippen LogP) is 3.06. The molecular formula is C16H13N3O2S2. The third kappa shape index (κ3) is 2.79. The molecule has 0 aliphatic carbocycles. The molecule has 0 spiro atoms. The summed E-state index contributed by atoms with van der Waals surface area (Å²) in [5.74, 6) is 0.313. The second kappa shape index (κ2) is 6.36. The number of rotatable bonds is 3. The van der Waals surface area contributed by atoms with Gasteiger partial charge in [0.15, 0.2) is 0 Å². The number of methoxy groups -OCH3 is 1. The van der Waals surface area contributed by atoms with Crippen LogP contribution in [-0.2, 0) is 4.79 Å². The molecule has 116 valence electrons. The van der Waals surface area contributed by atoms with Crippen molar-refractivity contribution >= 4 is 35.6 Å². The minimum absolute atomic E-state index is 0.00282. The first-order chi connectivity index (χ1) is 11.2. The standard InChI is InChI=1S/C16H13N3O2S2/c1-21-11-6-4-10(5-7-11)19-14(13-3-2-8-23-13)18-15(20)12(9-17)16(19)22/h2-8,14,22H,1H3,(H,18,20)/t14-/m1/s1. The molecule has 1 atom stereocenters. The monoisotopic (exact) mass is 343 g/mol. The van der Waals surface area contributed by atoms with Crippen LogP contribution in [0.25, 0.3) is 0 Å². The van der Waals surface area contributed by atoms with Crippen LogP contribution in [0.1, 0.15) is 11.0 Å². The summed E-state index contributed by atoms with van der Waals surface area (Å²) >= 11 is 5.96. The molecule has 0 bridgehead atoms. The Morgan fingerprint density at radius 1 is 1.35 bits per heavy atom. The maximum absolute atomic E-state index is 12.1. The van der Waals surface area contributed by atoms with Crippen LogP contribution in [-0.4, -0.2) is 13.0 Å². The van der Waals surface area contributed by atoms with E-state index in [4.69, 9.17) is 4.74 Å². The van der Waals surface area contributed by atoms with Crippen LogP contribution in [0.15, 0.2) is 52.4 Å². The van der Waals surface area contributed by atoms with Crippen LogP contribution in [0.3, 0.4) is 0 Å². The van der Waals surface area contributed by atoms with E-state index in [2.05, 4.69) is 17.9 Å². The van der Waals surface area contributed by atoms with E-state index in [9.17, 15) is 10.1 Å². The Hall–Kier alpha value is -2.43. The van der Waals surface area contributed by atoms with Gasteiger partial charge in [-0.05, 0) is 35.7 Å². The number of amides is 1. The third-order valence-corrected chi connectivity index (χ3v) is 4.84. The minimum Gasteiger partial charge on any atom is -0.497 e. The van der Waals surface area contributed by atoms with Crippen molar-refractivity contribution < 1.29 is 9.53 Å². The number of benzene rings is 1. The van der Waals surface area contributed by atoms with Crippen molar-refractivity contribution in [2.75, 3.05) is 12.0 Å². The predicted molar refractivity (Wildman–Crippen MR) is 92.3 cm³/mol. The number of hydrogen-bond acceptors (Lipinski definition) is 6. The van der Waals surface area contributed by atoms with Crippen LogP contribution in [0.5, 0.6) is 5.75 Å². The van der Waals surface area contributed by atoms with E-state index in [1.54, 1.807) is 7.11 Å². The first kappa shape index (κ1) is 15.5. The van der Waals surface area contributed by atoms with E-state index in [0.717, 1.165) is 16.3 Å². The highest BCUT2D eigenvalue weighted by Crippen LogP contribution is 2.37. The van der Waals surface area contributed by atoms with Crippen molar-refractivity contribution in [1.82, 2.24) is 5.32 Å². The van der Waals surface area contributed by atoms with Crippen LogP contribution >= 0.6 is 24.0 Å². The topological polar surface area (TPSA) is 65.4 Å². The van der Waals surface area contributed by atoms with Gasteiger partial charge < -0.3 is 15.0 Å². The molecule has 1 aliphatic rings. The fraction of sp³-hybridized carbons (Fsp3) is 0.125. The maximum Gasteiger partial charge on any atom is 0.266 e. The van der Waals surface area contributed by atoms with Crippen LogP contribution in [0, 0.1) is 11.3 Å². The van der Waals surface area contributed by atoms with Crippen molar-refractivity contribution in [1.29, 1.82) is 5.26 Å². The van der Waals surface area contributed by atoms with Gasteiger partial charge in [-0.15, -0.1) is 24.0 Å². The Balaban J connectivity index is 2.11. The summed E-state index contributed by atoms with van der Waals surface area (Å²) in [4.78, 5) is 14.9. The number of anilines is 1. The van der Waals surface area contributed by atoms with Gasteiger partial charge in [0.2, 0.25) is 0 Å². The second-order valence-electron chi connectivity index (χ2n) is 4.77. The van der Waals surface area contributed by atoms with Crippen molar-refractivity contribution in [3.8, 4) is 11.8 Å². The van der Waals surface area contributed by atoms with Crippen molar-refractivity contribution in [2.45, 2.75) is 6.17 Å². The van der Waals surface area contributed by atoms with Gasteiger partial charge in [-0.2, -0.15) is 5.26 Å². The zero-order valence-corrected chi connectivity index (χ0v) is 13.9. The molecule has 0 radical (unpaired) electrons. The molecule has 1 aromatic carbocycles. The lowest BCUT2D eigenvalue weighted by atomic mass is 10.1. The number of carbonyl (C=O) groups excluding carboxylic acids is 1. The fourth-order valence-electron chi connectivity index (χ4n) is 2.37. The highest BCUT2D eigenvalue weighted by Gasteiger charge is 2.34. The van der Waals surface area contributed by atoms with Crippen molar-refractivity contribution in [3.05, 3.63) is 57.3 Å². The molecule has 1 aliphatic heterocycles.